The predicted molar refractivity (Wildman–Crippen MR) is 66.0 cm³/mol. The normalized spacial score (nSPS) is 10.4. The number of nitrogens with one attached hydrogen (secondary N) is 2. The summed E-state index contributed by atoms with van der Waals surface area (Å²) in [6.45, 7) is 1.18. The Morgan fingerprint density at radius 2 is 1.50 bits per heavy atom. The van der Waals surface area contributed by atoms with Crippen LogP contribution < -0.4 is 22.1 Å². The number of nitrogens with two attached hydrogens (primary N) is 2. The summed E-state index contributed by atoms with van der Waals surface area (Å²) in [5, 5.41) is 12.5. The number of rotatable bonds is 8. The molecule has 0 aliphatic heterocycles. The Labute approximate surface area is 114 Å². The van der Waals surface area contributed by atoms with Gasteiger partial charge in [-0.05, 0) is 12.8 Å². The van der Waals surface area contributed by atoms with Crippen molar-refractivity contribution in [2.75, 3.05) is 0 Å². The van der Waals surface area contributed by atoms with Crippen LogP contribution >= 0.6 is 0 Å². The molecule has 0 atom stereocenters. The largest absolute Gasteiger partial charge is 0.481 e. The monoisotopic (exact) mass is 290 g/mol. The Kier molecular flexibility index (Phi) is 6.83. The number of unbranched alkanes of at least 4 members (excludes halogenated alkanes) is 1. The van der Waals surface area contributed by atoms with Crippen molar-refractivity contribution in [3.05, 3.63) is 0 Å². The average Bonchev–Trinajstić information content (AvgIpc) is 2.20. The van der Waals surface area contributed by atoms with Gasteiger partial charge >= 0.3 is 24.0 Å². The van der Waals surface area contributed by atoms with Crippen LogP contribution in [-0.2, 0) is 14.3 Å². The maximum atomic E-state index is 11.5. The van der Waals surface area contributed by atoms with Crippen molar-refractivity contribution in [2.24, 2.45) is 11.5 Å². The van der Waals surface area contributed by atoms with Crippen molar-refractivity contribution in [1.29, 1.82) is 0 Å². The van der Waals surface area contributed by atoms with Gasteiger partial charge in [-0.2, -0.15) is 0 Å². The quantitative estimate of drug-likeness (QED) is 0.222. The molecule has 0 bridgehead atoms. The number of carbonyl (C=O) groups is 4. The van der Waals surface area contributed by atoms with E-state index in [1.165, 1.54) is 6.92 Å². The maximum Gasteiger partial charge on any atom is 0.316 e. The molecule has 7 N–H and O–H groups in total. The molecule has 10 nitrogen and oxygen atoms in total. The Morgan fingerprint density at radius 3 is 1.90 bits per heavy atom. The van der Waals surface area contributed by atoms with E-state index in [1.807, 2.05) is 10.6 Å². The zero-order valence-corrected chi connectivity index (χ0v) is 11.0. The van der Waals surface area contributed by atoms with Gasteiger partial charge in [0, 0.05) is 19.8 Å². The van der Waals surface area contributed by atoms with Crippen LogP contribution in [0.2, 0.25) is 0 Å². The first-order valence-corrected chi connectivity index (χ1v) is 5.73. The highest BCUT2D eigenvalue weighted by atomic mass is 16.6. The van der Waals surface area contributed by atoms with E-state index in [2.05, 4.69) is 0 Å². The van der Waals surface area contributed by atoms with Crippen LogP contribution in [0.25, 0.3) is 0 Å². The fourth-order valence-electron chi connectivity index (χ4n) is 1.38. The zero-order chi connectivity index (χ0) is 15.8. The van der Waals surface area contributed by atoms with Gasteiger partial charge in [0.15, 0.2) is 0 Å². The lowest BCUT2D eigenvalue weighted by Crippen LogP contribution is -2.63. The maximum absolute atomic E-state index is 11.5. The molecule has 0 aromatic rings. The molecule has 0 aromatic heterocycles. The first-order chi connectivity index (χ1) is 9.14. The van der Waals surface area contributed by atoms with Crippen molar-refractivity contribution in [3.63, 3.8) is 0 Å². The highest BCUT2D eigenvalue weighted by molar-refractivity contribution is 5.77. The second-order valence-corrected chi connectivity index (χ2v) is 4.09. The van der Waals surface area contributed by atoms with Gasteiger partial charge in [-0.1, -0.05) is 0 Å². The van der Waals surface area contributed by atoms with E-state index in [-0.39, 0.29) is 19.3 Å². The number of hydrogen-bond acceptors (Lipinski definition) is 5. The molecule has 0 heterocycles. The molecule has 0 rings (SSSR count). The van der Waals surface area contributed by atoms with Gasteiger partial charge in [-0.3, -0.25) is 20.2 Å². The molecule has 10 heteroatoms. The molecular formula is C10H18N4O6. The van der Waals surface area contributed by atoms with E-state index in [0.717, 1.165) is 0 Å². The lowest BCUT2D eigenvalue weighted by molar-refractivity contribution is -0.162. The molecule has 0 saturated carbocycles. The summed E-state index contributed by atoms with van der Waals surface area (Å²) in [4.78, 5) is 43.3. The van der Waals surface area contributed by atoms with Crippen LogP contribution in [0.1, 0.15) is 32.6 Å². The number of amides is 4. The fraction of sp³-hybridized carbons (Fsp3) is 0.600. The molecule has 0 saturated heterocycles. The second-order valence-electron chi connectivity index (χ2n) is 4.09. The lowest BCUT2D eigenvalue weighted by atomic mass is 10.2. The SMILES string of the molecule is CC(NC(N)=O)(NC(N)=O)OC(=O)CCCCC(=O)O. The Balaban J connectivity index is 4.35. The van der Waals surface area contributed by atoms with Crippen LogP contribution in [0.5, 0.6) is 0 Å². The van der Waals surface area contributed by atoms with Crippen LogP contribution in [0.15, 0.2) is 0 Å². The third kappa shape index (κ3) is 8.55. The number of primary amides is 2. The summed E-state index contributed by atoms with van der Waals surface area (Å²) < 4.78 is 4.86. The summed E-state index contributed by atoms with van der Waals surface area (Å²) >= 11 is 0. The highest BCUT2D eigenvalue weighted by Gasteiger charge is 2.31. The number of urea groups is 2. The predicted octanol–water partition coefficient (Wildman–Crippen LogP) is -0.815. The molecule has 0 aliphatic carbocycles. The second kappa shape index (κ2) is 7.81. The standard InChI is InChI=1S/C10H18N4O6/c1-10(13-8(11)18,14-9(12)19)20-7(17)5-3-2-4-6(15)16/h2-5H2,1H3,(H,15,16)(H3,11,13,18)(H3,12,14,19). The third-order valence-electron chi connectivity index (χ3n) is 2.06. The number of ether oxygens (including phenoxy) is 1. The van der Waals surface area contributed by atoms with Crippen LogP contribution in [0.3, 0.4) is 0 Å². The Morgan fingerprint density at radius 1 is 1.05 bits per heavy atom. The van der Waals surface area contributed by atoms with E-state index in [4.69, 9.17) is 21.3 Å². The van der Waals surface area contributed by atoms with E-state index < -0.39 is 29.8 Å². The van der Waals surface area contributed by atoms with Gasteiger partial charge in [0.2, 0.25) is 0 Å². The first kappa shape index (κ1) is 17.5. The molecule has 20 heavy (non-hydrogen) atoms. The molecular weight excluding hydrogens is 272 g/mol. The number of carboxylic acids is 1. The van der Waals surface area contributed by atoms with Crippen molar-refractivity contribution < 1.29 is 29.0 Å². The number of carbonyl (C=O) groups excluding carboxylic acids is 3. The molecule has 114 valence electrons. The summed E-state index contributed by atoms with van der Waals surface area (Å²) in [5.74, 6) is -3.57. The van der Waals surface area contributed by atoms with Crippen molar-refractivity contribution in [1.82, 2.24) is 10.6 Å². The minimum Gasteiger partial charge on any atom is -0.481 e. The summed E-state index contributed by atoms with van der Waals surface area (Å²) in [6.07, 6.45) is 0.440. The van der Waals surface area contributed by atoms with Crippen LogP contribution in [-0.4, -0.2) is 35.0 Å². The topological polar surface area (TPSA) is 174 Å². The number of aliphatic carboxylic acids is 1. The van der Waals surface area contributed by atoms with E-state index in [1.54, 1.807) is 0 Å². The van der Waals surface area contributed by atoms with Gasteiger partial charge in [0.1, 0.15) is 0 Å². The van der Waals surface area contributed by atoms with E-state index >= 15 is 0 Å². The minimum atomic E-state index is -1.86. The number of esters is 1. The number of carboxylic acid groups (broad SMARTS) is 1. The molecule has 0 unspecified atom stereocenters. The number of hydrogen-bond donors (Lipinski definition) is 5. The van der Waals surface area contributed by atoms with Crippen molar-refractivity contribution >= 4 is 24.0 Å². The molecule has 0 radical (unpaired) electrons. The summed E-state index contributed by atoms with van der Waals surface area (Å²) in [5.41, 5.74) is 9.77. The van der Waals surface area contributed by atoms with E-state index in [9.17, 15) is 19.2 Å². The van der Waals surface area contributed by atoms with Gasteiger partial charge < -0.3 is 21.3 Å². The van der Waals surface area contributed by atoms with Gasteiger partial charge in [0.05, 0.1) is 0 Å². The van der Waals surface area contributed by atoms with Crippen molar-refractivity contribution in [2.45, 2.75) is 38.5 Å². The highest BCUT2D eigenvalue weighted by Crippen LogP contribution is 2.07. The van der Waals surface area contributed by atoms with Gasteiger partial charge in [0.25, 0.3) is 5.85 Å². The third-order valence-corrected chi connectivity index (χ3v) is 2.06. The molecule has 0 spiro atoms. The van der Waals surface area contributed by atoms with Gasteiger partial charge in [-0.25, -0.2) is 9.59 Å². The van der Waals surface area contributed by atoms with E-state index in [0.29, 0.717) is 6.42 Å². The summed E-state index contributed by atoms with van der Waals surface area (Å²) in [7, 11) is 0. The van der Waals surface area contributed by atoms with Crippen LogP contribution in [0.4, 0.5) is 9.59 Å². The minimum absolute atomic E-state index is 0.0659. The molecule has 0 aliphatic rings. The molecule has 0 fully saturated rings. The molecule has 4 amide bonds. The Bertz CT molecular complexity index is 381. The average molecular weight is 290 g/mol. The fourth-order valence-corrected chi connectivity index (χ4v) is 1.38. The molecule has 0 aromatic carbocycles. The smallest absolute Gasteiger partial charge is 0.316 e. The van der Waals surface area contributed by atoms with Crippen LogP contribution in [0, 0.1) is 0 Å². The summed E-state index contributed by atoms with van der Waals surface area (Å²) in [6, 6.07) is -2.06. The van der Waals surface area contributed by atoms with Gasteiger partial charge in [-0.15, -0.1) is 0 Å². The lowest BCUT2D eigenvalue weighted by Gasteiger charge is -2.29. The Hall–Kier alpha value is -2.52. The first-order valence-electron chi connectivity index (χ1n) is 5.73. The van der Waals surface area contributed by atoms with Crippen molar-refractivity contribution in [3.8, 4) is 0 Å². The zero-order valence-electron chi connectivity index (χ0n) is 11.0.